The van der Waals surface area contributed by atoms with Gasteiger partial charge in [0.2, 0.25) is 5.91 Å². The number of carbonyl (C=O) groups is 1. The molecule has 0 aliphatic rings. The monoisotopic (exact) mass is 380 g/mol. The van der Waals surface area contributed by atoms with Gasteiger partial charge in [-0.05, 0) is 36.9 Å². The summed E-state index contributed by atoms with van der Waals surface area (Å²) < 4.78 is 1.52. The molecular formula is C20H20N4O2S. The number of hydrogen-bond acceptors (Lipinski definition) is 4. The molecule has 6 nitrogen and oxygen atoms in total. The summed E-state index contributed by atoms with van der Waals surface area (Å²) in [6.07, 6.45) is 1.76. The number of rotatable bonds is 5. The highest BCUT2D eigenvalue weighted by Crippen LogP contribution is 2.25. The van der Waals surface area contributed by atoms with Crippen LogP contribution in [0.5, 0.6) is 0 Å². The fraction of sp³-hybridized carbons (Fsp3) is 0.250. The number of nitrogens with one attached hydrogen (secondary N) is 2. The first-order valence-corrected chi connectivity index (χ1v) is 9.63. The number of para-hydroxylation sites is 1. The molecule has 3 aromatic heterocycles. The summed E-state index contributed by atoms with van der Waals surface area (Å²) in [7, 11) is 0. The molecule has 7 heteroatoms. The van der Waals surface area contributed by atoms with E-state index in [0.29, 0.717) is 18.5 Å². The molecule has 0 saturated heterocycles. The summed E-state index contributed by atoms with van der Waals surface area (Å²) in [5, 5.41) is 4.68. The van der Waals surface area contributed by atoms with Crippen molar-refractivity contribution in [2.45, 2.75) is 33.4 Å². The van der Waals surface area contributed by atoms with Crippen LogP contribution in [0.25, 0.3) is 21.1 Å². The van der Waals surface area contributed by atoms with Gasteiger partial charge in [-0.2, -0.15) is 0 Å². The highest BCUT2D eigenvalue weighted by atomic mass is 32.1. The standard InChI is InChI=1S/C20H20N4O2S/c1-12-13(2)27-19-18(12)20(26)24(11-22-19)8-7-17(25)21-10-15-9-14-5-3-4-6-16(14)23-15/h3-6,9,11,23H,7-8,10H2,1-2H3,(H,21,25). The molecule has 0 aliphatic heterocycles. The maximum atomic E-state index is 12.6. The van der Waals surface area contributed by atoms with Crippen molar-refractivity contribution in [1.82, 2.24) is 19.9 Å². The number of hydrogen-bond donors (Lipinski definition) is 2. The van der Waals surface area contributed by atoms with Crippen LogP contribution in [0.1, 0.15) is 22.6 Å². The van der Waals surface area contributed by atoms with Crippen LogP contribution in [-0.2, 0) is 17.9 Å². The minimum atomic E-state index is -0.0983. The third kappa shape index (κ3) is 3.38. The van der Waals surface area contributed by atoms with Gasteiger partial charge in [0.25, 0.3) is 5.56 Å². The second-order valence-corrected chi connectivity index (χ2v) is 7.82. The van der Waals surface area contributed by atoms with Gasteiger partial charge in [-0.3, -0.25) is 14.2 Å². The fourth-order valence-corrected chi connectivity index (χ4v) is 4.15. The summed E-state index contributed by atoms with van der Waals surface area (Å²) in [6.45, 7) is 4.68. The van der Waals surface area contributed by atoms with E-state index in [1.54, 1.807) is 0 Å². The number of nitrogens with zero attached hydrogens (tertiary/aromatic N) is 2. The summed E-state index contributed by atoms with van der Waals surface area (Å²) in [5.74, 6) is -0.0983. The lowest BCUT2D eigenvalue weighted by atomic mass is 10.2. The summed E-state index contributed by atoms with van der Waals surface area (Å²) in [5.41, 5.74) is 2.90. The number of H-pyrrole nitrogens is 1. The minimum absolute atomic E-state index is 0.0785. The molecule has 0 bridgehead atoms. The van der Waals surface area contributed by atoms with Gasteiger partial charge in [0.05, 0.1) is 18.3 Å². The lowest BCUT2D eigenvalue weighted by molar-refractivity contribution is -0.121. The smallest absolute Gasteiger partial charge is 0.262 e. The summed E-state index contributed by atoms with van der Waals surface area (Å²) >= 11 is 1.53. The first-order chi connectivity index (χ1) is 13.0. The molecule has 0 spiro atoms. The van der Waals surface area contributed by atoms with Crippen molar-refractivity contribution in [2.24, 2.45) is 0 Å². The van der Waals surface area contributed by atoms with E-state index >= 15 is 0 Å². The van der Waals surface area contributed by atoms with Crippen molar-refractivity contribution in [3.8, 4) is 0 Å². The summed E-state index contributed by atoms with van der Waals surface area (Å²) in [6, 6.07) is 10.0. The van der Waals surface area contributed by atoms with E-state index in [1.165, 1.54) is 22.2 Å². The molecule has 4 rings (SSSR count). The van der Waals surface area contributed by atoms with Crippen molar-refractivity contribution in [3.05, 3.63) is 63.1 Å². The van der Waals surface area contributed by atoms with Crippen LogP contribution in [0.3, 0.4) is 0 Å². The number of aryl methyl sites for hydroxylation is 3. The maximum Gasteiger partial charge on any atom is 0.262 e. The number of carbonyl (C=O) groups excluding carboxylic acids is 1. The maximum absolute atomic E-state index is 12.6. The molecule has 0 atom stereocenters. The van der Waals surface area contributed by atoms with Crippen LogP contribution in [0.2, 0.25) is 0 Å². The first-order valence-electron chi connectivity index (χ1n) is 8.81. The second kappa shape index (κ2) is 7.00. The topological polar surface area (TPSA) is 79.8 Å². The molecule has 0 unspecified atom stereocenters. The predicted molar refractivity (Wildman–Crippen MR) is 108 cm³/mol. The van der Waals surface area contributed by atoms with Gasteiger partial charge in [0.1, 0.15) is 4.83 Å². The van der Waals surface area contributed by atoms with E-state index in [0.717, 1.165) is 31.9 Å². The molecule has 0 radical (unpaired) electrons. The molecule has 1 amide bonds. The van der Waals surface area contributed by atoms with Crippen LogP contribution < -0.4 is 10.9 Å². The minimum Gasteiger partial charge on any atom is -0.357 e. The lowest BCUT2D eigenvalue weighted by Crippen LogP contribution is -2.27. The van der Waals surface area contributed by atoms with Gasteiger partial charge in [-0.25, -0.2) is 4.98 Å². The van der Waals surface area contributed by atoms with Crippen molar-refractivity contribution in [2.75, 3.05) is 0 Å². The molecule has 0 saturated carbocycles. The van der Waals surface area contributed by atoms with Gasteiger partial charge < -0.3 is 10.3 Å². The Kier molecular flexibility index (Phi) is 4.53. The zero-order chi connectivity index (χ0) is 19.0. The van der Waals surface area contributed by atoms with Gasteiger partial charge in [-0.15, -0.1) is 11.3 Å². The SMILES string of the molecule is Cc1sc2ncn(CCC(=O)NCc3cc4ccccc4[nH]3)c(=O)c2c1C. The van der Waals surface area contributed by atoms with Crippen LogP contribution in [0.15, 0.2) is 41.5 Å². The normalized spacial score (nSPS) is 11.3. The van der Waals surface area contributed by atoms with Crippen LogP contribution in [0.4, 0.5) is 0 Å². The van der Waals surface area contributed by atoms with E-state index in [4.69, 9.17) is 0 Å². The molecule has 0 fully saturated rings. The van der Waals surface area contributed by atoms with Gasteiger partial charge >= 0.3 is 0 Å². The van der Waals surface area contributed by atoms with E-state index in [-0.39, 0.29) is 17.9 Å². The molecule has 3 heterocycles. The van der Waals surface area contributed by atoms with Crippen molar-refractivity contribution in [1.29, 1.82) is 0 Å². The van der Waals surface area contributed by atoms with Crippen LogP contribution in [0, 0.1) is 13.8 Å². The van der Waals surface area contributed by atoms with E-state index < -0.39 is 0 Å². The lowest BCUT2D eigenvalue weighted by Gasteiger charge is -2.06. The third-order valence-corrected chi connectivity index (χ3v) is 5.91. The first kappa shape index (κ1) is 17.5. The molecule has 138 valence electrons. The molecular weight excluding hydrogens is 360 g/mol. The second-order valence-electron chi connectivity index (χ2n) is 6.62. The molecule has 4 aromatic rings. The highest BCUT2D eigenvalue weighted by molar-refractivity contribution is 7.18. The van der Waals surface area contributed by atoms with Crippen molar-refractivity contribution in [3.63, 3.8) is 0 Å². The number of fused-ring (bicyclic) bond motifs is 2. The van der Waals surface area contributed by atoms with E-state index in [2.05, 4.69) is 15.3 Å². The number of aromatic nitrogens is 3. The number of aromatic amines is 1. The Bertz CT molecular complexity index is 1170. The van der Waals surface area contributed by atoms with Gasteiger partial charge in [0.15, 0.2) is 0 Å². The molecule has 2 N–H and O–H groups in total. The molecule has 0 aliphatic carbocycles. The number of thiophene rings is 1. The number of amides is 1. The average molecular weight is 380 g/mol. The van der Waals surface area contributed by atoms with E-state index in [1.807, 2.05) is 44.2 Å². The molecule has 27 heavy (non-hydrogen) atoms. The Hall–Kier alpha value is -2.93. The largest absolute Gasteiger partial charge is 0.357 e. The Morgan fingerprint density at radius 3 is 2.93 bits per heavy atom. The zero-order valence-electron chi connectivity index (χ0n) is 15.2. The van der Waals surface area contributed by atoms with Crippen LogP contribution >= 0.6 is 11.3 Å². The van der Waals surface area contributed by atoms with Crippen molar-refractivity contribution >= 4 is 38.4 Å². The fourth-order valence-electron chi connectivity index (χ4n) is 3.16. The third-order valence-electron chi connectivity index (χ3n) is 4.80. The Labute approximate surface area is 159 Å². The van der Waals surface area contributed by atoms with Gasteiger partial charge in [-0.1, -0.05) is 18.2 Å². The predicted octanol–water partition coefficient (Wildman–Crippen LogP) is 3.26. The Morgan fingerprint density at radius 1 is 1.30 bits per heavy atom. The average Bonchev–Trinajstić information content (AvgIpc) is 3.20. The highest BCUT2D eigenvalue weighted by Gasteiger charge is 2.12. The number of benzene rings is 1. The molecule has 1 aromatic carbocycles. The Morgan fingerprint density at radius 2 is 2.11 bits per heavy atom. The zero-order valence-corrected chi connectivity index (χ0v) is 16.0. The quantitative estimate of drug-likeness (QED) is 0.558. The Balaban J connectivity index is 1.40. The summed E-state index contributed by atoms with van der Waals surface area (Å²) in [4.78, 5) is 34.3. The van der Waals surface area contributed by atoms with Crippen molar-refractivity contribution < 1.29 is 4.79 Å². The van der Waals surface area contributed by atoms with Crippen LogP contribution in [-0.4, -0.2) is 20.4 Å². The van der Waals surface area contributed by atoms with E-state index in [9.17, 15) is 9.59 Å². The van der Waals surface area contributed by atoms with Gasteiger partial charge in [0, 0.05) is 29.1 Å².